The average Bonchev–Trinajstić information content (AvgIpc) is 2.77. The summed E-state index contributed by atoms with van der Waals surface area (Å²) in [7, 11) is -2.84. The molecule has 0 saturated heterocycles. The van der Waals surface area contributed by atoms with Gasteiger partial charge in [0, 0.05) is 5.56 Å². The predicted molar refractivity (Wildman–Crippen MR) is 113 cm³/mol. The van der Waals surface area contributed by atoms with Crippen LogP contribution in [-0.4, -0.2) is 8.42 Å². The summed E-state index contributed by atoms with van der Waals surface area (Å²) in [5.74, 6) is -0.456. The molecule has 4 heteroatoms. The van der Waals surface area contributed by atoms with Gasteiger partial charge in [0.05, 0.1) is 10.3 Å². The lowest BCUT2D eigenvalue weighted by molar-refractivity contribution is 0.577. The molecule has 0 unspecified atom stereocenters. The Balaban J connectivity index is 2.20. The van der Waals surface area contributed by atoms with Crippen LogP contribution in [0.2, 0.25) is 0 Å². The summed E-state index contributed by atoms with van der Waals surface area (Å²) in [6, 6.07) is 32.9. The van der Waals surface area contributed by atoms with E-state index in [1.165, 1.54) is 18.2 Å². The molecule has 4 aromatic carbocycles. The largest absolute Gasteiger partial charge is 0.227 e. The molecule has 29 heavy (non-hydrogen) atoms. The van der Waals surface area contributed by atoms with Crippen molar-refractivity contribution in [3.05, 3.63) is 137 Å². The van der Waals surface area contributed by atoms with Gasteiger partial charge in [-0.25, -0.2) is 12.8 Å². The first-order valence-corrected chi connectivity index (χ1v) is 10.4. The van der Waals surface area contributed by atoms with Gasteiger partial charge in [0.25, 0.3) is 0 Å². The lowest BCUT2D eigenvalue weighted by Crippen LogP contribution is -2.32. The summed E-state index contributed by atoms with van der Waals surface area (Å²) in [5, 5.41) is 0. The molecule has 0 spiro atoms. The van der Waals surface area contributed by atoms with E-state index >= 15 is 4.39 Å². The van der Waals surface area contributed by atoms with Gasteiger partial charge in [-0.3, -0.25) is 0 Å². The van der Waals surface area contributed by atoms with Crippen molar-refractivity contribution < 1.29 is 12.8 Å². The minimum atomic E-state index is -2.84. The molecule has 0 aliphatic carbocycles. The minimum Gasteiger partial charge on any atom is -0.227 e. The fraction of sp³-hybridized carbons (Fsp3) is 0.0400. The Morgan fingerprint density at radius 3 is 1.38 bits per heavy atom. The van der Waals surface area contributed by atoms with Gasteiger partial charge in [-0.05, 0) is 34.9 Å². The van der Waals surface area contributed by atoms with Gasteiger partial charge in [-0.1, -0.05) is 91.0 Å². The lowest BCUT2D eigenvalue weighted by atomic mass is 9.65. The second kappa shape index (κ2) is 8.02. The Morgan fingerprint density at radius 2 is 1.00 bits per heavy atom. The van der Waals surface area contributed by atoms with Crippen molar-refractivity contribution in [1.82, 2.24) is 0 Å². The molecular formula is C25H19FO2S. The Hall–Kier alpha value is -3.24. The van der Waals surface area contributed by atoms with Gasteiger partial charge in [-0.2, -0.15) is 0 Å². The molecule has 144 valence electrons. The smallest absolute Gasteiger partial charge is 0.168 e. The molecule has 0 atom stereocenters. The van der Waals surface area contributed by atoms with Gasteiger partial charge < -0.3 is 0 Å². The highest BCUT2D eigenvalue weighted by Gasteiger charge is 2.40. The van der Waals surface area contributed by atoms with E-state index in [0.717, 1.165) is 16.7 Å². The number of rotatable bonds is 5. The van der Waals surface area contributed by atoms with E-state index in [4.69, 9.17) is 0 Å². The molecule has 0 aliphatic heterocycles. The van der Waals surface area contributed by atoms with Crippen molar-refractivity contribution in [3.63, 3.8) is 0 Å². The third-order valence-electron chi connectivity index (χ3n) is 5.19. The van der Waals surface area contributed by atoms with Crippen LogP contribution in [0.4, 0.5) is 4.39 Å². The van der Waals surface area contributed by atoms with Gasteiger partial charge in [0.1, 0.15) is 5.82 Å². The monoisotopic (exact) mass is 402 g/mol. The summed E-state index contributed by atoms with van der Waals surface area (Å²) in [6.45, 7) is 0. The van der Waals surface area contributed by atoms with Gasteiger partial charge in [0.15, 0.2) is 10.7 Å². The fourth-order valence-electron chi connectivity index (χ4n) is 3.95. The summed E-state index contributed by atoms with van der Waals surface area (Å²) < 4.78 is 38.8. The number of halogens is 1. The van der Waals surface area contributed by atoms with Crippen LogP contribution in [0.1, 0.15) is 22.3 Å². The van der Waals surface area contributed by atoms with Crippen LogP contribution in [0.3, 0.4) is 0 Å². The maximum atomic E-state index is 15.4. The molecule has 0 amide bonds. The Labute approximate surface area is 171 Å². The van der Waals surface area contributed by atoms with E-state index < -0.39 is 21.9 Å². The van der Waals surface area contributed by atoms with Crippen LogP contribution in [0.25, 0.3) is 0 Å². The molecule has 0 aromatic heterocycles. The molecule has 0 heterocycles. The Bertz CT molecular complexity index is 1080. The first-order chi connectivity index (χ1) is 14.1. The van der Waals surface area contributed by atoms with Crippen molar-refractivity contribution in [2.24, 2.45) is 0 Å². The minimum absolute atomic E-state index is 0.0866. The van der Waals surface area contributed by atoms with Crippen LogP contribution in [0, 0.1) is 5.82 Å². The second-order valence-electron chi connectivity index (χ2n) is 6.77. The maximum Gasteiger partial charge on any atom is 0.168 e. The first-order valence-electron chi connectivity index (χ1n) is 9.25. The number of thiol groups is 1. The molecule has 0 fully saturated rings. The predicted octanol–water partition coefficient (Wildman–Crippen LogP) is 5.18. The second-order valence-corrected chi connectivity index (χ2v) is 7.80. The number of benzene rings is 4. The molecule has 2 nitrogen and oxygen atoms in total. The van der Waals surface area contributed by atoms with Crippen LogP contribution < -0.4 is 0 Å². The molecule has 4 rings (SSSR count). The lowest BCUT2D eigenvalue weighted by Gasteiger charge is -2.37. The molecular weight excluding hydrogens is 383 g/mol. The van der Waals surface area contributed by atoms with E-state index in [1.54, 1.807) is 0 Å². The van der Waals surface area contributed by atoms with Gasteiger partial charge >= 0.3 is 0 Å². The summed E-state index contributed by atoms with van der Waals surface area (Å²) >= 11 is 0. The van der Waals surface area contributed by atoms with Crippen LogP contribution >= 0.6 is 0 Å². The van der Waals surface area contributed by atoms with Gasteiger partial charge in [0.2, 0.25) is 0 Å². The Morgan fingerprint density at radius 1 is 0.586 bits per heavy atom. The van der Waals surface area contributed by atoms with Crippen molar-refractivity contribution in [3.8, 4) is 0 Å². The summed E-state index contributed by atoms with van der Waals surface area (Å²) in [4.78, 5) is 0.0866. The molecule has 0 aliphatic rings. The third kappa shape index (κ3) is 3.36. The molecule has 0 radical (unpaired) electrons. The highest BCUT2D eigenvalue weighted by molar-refractivity contribution is 7.72. The van der Waals surface area contributed by atoms with Crippen LogP contribution in [0.15, 0.2) is 114 Å². The standard InChI is InChI=1S/C25H19FO2S/c26-24-17-16-22(29(27)28)18-23(24)25(19-10-4-1-5-11-19,20-12-6-2-7-13-20)21-14-8-3-9-15-21/h1-18,29H. The van der Waals surface area contributed by atoms with Crippen LogP contribution in [-0.2, 0) is 16.1 Å². The normalized spacial score (nSPS) is 11.5. The first kappa shape index (κ1) is 19.1. The van der Waals surface area contributed by atoms with E-state index in [-0.39, 0.29) is 4.90 Å². The number of hydrogen-bond acceptors (Lipinski definition) is 2. The SMILES string of the molecule is O=[SH](=O)c1ccc(F)c(C(c2ccccc2)(c2ccccc2)c2ccccc2)c1. The highest BCUT2D eigenvalue weighted by atomic mass is 32.2. The van der Waals surface area contributed by atoms with E-state index in [1.807, 2.05) is 91.0 Å². The molecule has 4 aromatic rings. The third-order valence-corrected chi connectivity index (χ3v) is 5.88. The number of hydrogen-bond donors (Lipinski definition) is 1. The quantitative estimate of drug-likeness (QED) is 0.369. The van der Waals surface area contributed by atoms with Crippen LogP contribution in [0.5, 0.6) is 0 Å². The van der Waals surface area contributed by atoms with E-state index in [9.17, 15) is 8.42 Å². The Kier molecular flexibility index (Phi) is 5.28. The summed E-state index contributed by atoms with van der Waals surface area (Å²) in [6.07, 6.45) is 0. The topological polar surface area (TPSA) is 34.1 Å². The van der Waals surface area contributed by atoms with E-state index in [0.29, 0.717) is 5.56 Å². The zero-order valence-corrected chi connectivity index (χ0v) is 16.4. The zero-order valence-electron chi connectivity index (χ0n) is 15.5. The molecule has 0 N–H and O–H groups in total. The zero-order chi connectivity index (χ0) is 20.3. The average molecular weight is 402 g/mol. The van der Waals surface area contributed by atoms with E-state index in [2.05, 4.69) is 0 Å². The van der Waals surface area contributed by atoms with Crippen molar-refractivity contribution >= 4 is 10.7 Å². The molecule has 0 bridgehead atoms. The molecule has 0 saturated carbocycles. The van der Waals surface area contributed by atoms with Crippen molar-refractivity contribution in [1.29, 1.82) is 0 Å². The summed E-state index contributed by atoms with van der Waals surface area (Å²) in [5.41, 5.74) is 1.87. The van der Waals surface area contributed by atoms with Crippen molar-refractivity contribution in [2.45, 2.75) is 10.3 Å². The maximum absolute atomic E-state index is 15.4. The van der Waals surface area contributed by atoms with Crippen molar-refractivity contribution in [2.75, 3.05) is 0 Å². The fourth-order valence-corrected chi connectivity index (χ4v) is 4.38. The highest BCUT2D eigenvalue weighted by Crippen LogP contribution is 2.46. The van der Waals surface area contributed by atoms with Gasteiger partial charge in [-0.15, -0.1) is 0 Å².